The molecular formula is C10H9N3. The predicted octanol–water partition coefficient (Wildman–Crippen LogP) is 0.967. The molecule has 0 radical (unpaired) electrons. The van der Waals surface area contributed by atoms with E-state index in [9.17, 15) is 0 Å². The van der Waals surface area contributed by atoms with Gasteiger partial charge in [-0.1, -0.05) is 12.0 Å². The largest absolute Gasteiger partial charge is 0.314 e. The fourth-order valence-corrected chi connectivity index (χ4v) is 1.28. The van der Waals surface area contributed by atoms with Crippen LogP contribution >= 0.6 is 0 Å². The molecule has 13 heavy (non-hydrogen) atoms. The number of rotatable bonds is 1. The summed E-state index contributed by atoms with van der Waals surface area (Å²) in [5.41, 5.74) is 7.57. The molecule has 2 rings (SSSR count). The molecule has 2 aromatic rings. The Morgan fingerprint density at radius 2 is 2.38 bits per heavy atom. The Labute approximate surface area is 76.2 Å². The van der Waals surface area contributed by atoms with Gasteiger partial charge in [0.15, 0.2) is 0 Å². The molecule has 0 aliphatic rings. The van der Waals surface area contributed by atoms with Crippen LogP contribution in [0.5, 0.6) is 0 Å². The topological polar surface area (TPSA) is 43.3 Å². The minimum Gasteiger partial charge on any atom is -0.314 e. The van der Waals surface area contributed by atoms with E-state index in [1.807, 2.05) is 24.4 Å². The smallest absolute Gasteiger partial charge is 0.0955 e. The van der Waals surface area contributed by atoms with Gasteiger partial charge in [0, 0.05) is 11.8 Å². The van der Waals surface area contributed by atoms with Crippen LogP contribution < -0.4 is 5.73 Å². The van der Waals surface area contributed by atoms with Gasteiger partial charge >= 0.3 is 0 Å². The Bertz CT molecular complexity index is 464. The normalized spacial score (nSPS) is 12.6. The van der Waals surface area contributed by atoms with Crippen molar-refractivity contribution in [1.82, 2.24) is 9.61 Å². The Balaban J connectivity index is 2.66. The summed E-state index contributed by atoms with van der Waals surface area (Å²) in [5.74, 6) is 2.48. The quantitative estimate of drug-likeness (QED) is 0.649. The van der Waals surface area contributed by atoms with E-state index in [0.29, 0.717) is 0 Å². The summed E-state index contributed by atoms with van der Waals surface area (Å²) in [5, 5.41) is 4.13. The minimum absolute atomic E-state index is 0.375. The Morgan fingerprint density at radius 1 is 1.54 bits per heavy atom. The number of hydrogen-bond acceptors (Lipinski definition) is 2. The lowest BCUT2D eigenvalue weighted by Crippen LogP contribution is -2.06. The second-order valence-corrected chi connectivity index (χ2v) is 2.77. The lowest BCUT2D eigenvalue weighted by Gasteiger charge is -2.00. The third-order valence-electron chi connectivity index (χ3n) is 1.97. The molecule has 2 heterocycles. The second kappa shape index (κ2) is 2.92. The van der Waals surface area contributed by atoms with Crippen LogP contribution in [0.15, 0.2) is 30.6 Å². The van der Waals surface area contributed by atoms with Gasteiger partial charge in [0.25, 0.3) is 0 Å². The molecule has 2 aromatic heterocycles. The van der Waals surface area contributed by atoms with E-state index in [1.165, 1.54) is 0 Å². The second-order valence-electron chi connectivity index (χ2n) is 2.77. The van der Waals surface area contributed by atoms with E-state index >= 15 is 0 Å². The SMILES string of the molecule is C#CC(N)c1cnn2ccccc12. The summed E-state index contributed by atoms with van der Waals surface area (Å²) >= 11 is 0. The van der Waals surface area contributed by atoms with Crippen molar-refractivity contribution in [2.45, 2.75) is 6.04 Å². The predicted molar refractivity (Wildman–Crippen MR) is 51.0 cm³/mol. The summed E-state index contributed by atoms with van der Waals surface area (Å²) < 4.78 is 1.76. The van der Waals surface area contributed by atoms with Crippen molar-refractivity contribution in [3.05, 3.63) is 36.2 Å². The van der Waals surface area contributed by atoms with Gasteiger partial charge in [-0.3, -0.25) is 0 Å². The summed E-state index contributed by atoms with van der Waals surface area (Å²) in [7, 11) is 0. The molecule has 0 aromatic carbocycles. The first-order valence-electron chi connectivity index (χ1n) is 3.97. The minimum atomic E-state index is -0.375. The number of fused-ring (bicyclic) bond motifs is 1. The van der Waals surface area contributed by atoms with Crippen molar-refractivity contribution in [2.75, 3.05) is 0 Å². The Kier molecular flexibility index (Phi) is 1.76. The van der Waals surface area contributed by atoms with E-state index < -0.39 is 0 Å². The van der Waals surface area contributed by atoms with Gasteiger partial charge in [0.1, 0.15) is 0 Å². The van der Waals surface area contributed by atoms with Crippen molar-refractivity contribution < 1.29 is 0 Å². The van der Waals surface area contributed by atoms with Crippen molar-refractivity contribution in [1.29, 1.82) is 0 Å². The molecule has 3 nitrogen and oxygen atoms in total. The van der Waals surface area contributed by atoms with Crippen molar-refractivity contribution in [3.63, 3.8) is 0 Å². The lowest BCUT2D eigenvalue weighted by molar-refractivity contribution is 0.955. The van der Waals surface area contributed by atoms with Gasteiger partial charge in [0.05, 0.1) is 17.8 Å². The molecule has 1 atom stereocenters. The number of hydrogen-bond donors (Lipinski definition) is 1. The maximum absolute atomic E-state index is 5.72. The molecule has 0 saturated heterocycles. The van der Waals surface area contributed by atoms with Crippen LogP contribution in [0.25, 0.3) is 5.52 Å². The van der Waals surface area contributed by atoms with Crippen LogP contribution in [0.4, 0.5) is 0 Å². The number of terminal acetylenes is 1. The first-order chi connectivity index (χ1) is 6.33. The van der Waals surface area contributed by atoms with Gasteiger partial charge in [0.2, 0.25) is 0 Å². The van der Waals surface area contributed by atoms with Crippen molar-refractivity contribution in [3.8, 4) is 12.3 Å². The van der Waals surface area contributed by atoms with E-state index in [0.717, 1.165) is 11.1 Å². The van der Waals surface area contributed by atoms with Gasteiger partial charge in [-0.25, -0.2) is 4.52 Å². The average Bonchev–Trinajstić information content (AvgIpc) is 2.60. The molecular weight excluding hydrogens is 162 g/mol. The first-order valence-corrected chi connectivity index (χ1v) is 3.97. The van der Waals surface area contributed by atoms with Crippen LogP contribution in [-0.4, -0.2) is 9.61 Å². The van der Waals surface area contributed by atoms with E-state index in [2.05, 4.69) is 11.0 Å². The van der Waals surface area contributed by atoms with Crippen LogP contribution in [-0.2, 0) is 0 Å². The van der Waals surface area contributed by atoms with Gasteiger partial charge in [-0.2, -0.15) is 5.10 Å². The van der Waals surface area contributed by atoms with E-state index in [4.69, 9.17) is 12.2 Å². The number of nitrogens with zero attached hydrogens (tertiary/aromatic N) is 2. The molecule has 1 unspecified atom stereocenters. The molecule has 64 valence electrons. The standard InChI is InChI=1S/C10H9N3/c1-2-9(11)8-7-12-13-6-4-3-5-10(8)13/h1,3-7,9H,11H2. The summed E-state index contributed by atoms with van der Waals surface area (Å²) in [6.07, 6.45) is 8.81. The molecule has 0 spiro atoms. The lowest BCUT2D eigenvalue weighted by atomic mass is 10.1. The fraction of sp³-hybridized carbons (Fsp3) is 0.100. The number of pyridine rings is 1. The summed E-state index contributed by atoms with van der Waals surface area (Å²) in [6, 6.07) is 5.41. The molecule has 0 saturated carbocycles. The molecule has 2 N–H and O–H groups in total. The molecule has 0 aliphatic carbocycles. The number of aromatic nitrogens is 2. The van der Waals surface area contributed by atoms with Crippen LogP contribution in [0.1, 0.15) is 11.6 Å². The maximum atomic E-state index is 5.72. The van der Waals surface area contributed by atoms with Crippen molar-refractivity contribution >= 4 is 5.52 Å². The van der Waals surface area contributed by atoms with Gasteiger partial charge < -0.3 is 5.73 Å². The zero-order chi connectivity index (χ0) is 9.26. The fourth-order valence-electron chi connectivity index (χ4n) is 1.28. The molecule has 0 bridgehead atoms. The molecule has 0 aliphatic heterocycles. The van der Waals surface area contributed by atoms with Gasteiger partial charge in [-0.15, -0.1) is 6.42 Å². The van der Waals surface area contributed by atoms with Crippen molar-refractivity contribution in [2.24, 2.45) is 5.73 Å². The highest BCUT2D eigenvalue weighted by atomic mass is 15.2. The third-order valence-corrected chi connectivity index (χ3v) is 1.97. The summed E-state index contributed by atoms with van der Waals surface area (Å²) in [4.78, 5) is 0. The van der Waals surface area contributed by atoms with Gasteiger partial charge in [-0.05, 0) is 12.1 Å². The van der Waals surface area contributed by atoms with Crippen LogP contribution in [0, 0.1) is 12.3 Å². The van der Waals surface area contributed by atoms with E-state index in [1.54, 1.807) is 10.7 Å². The first kappa shape index (κ1) is 7.84. The molecule has 3 heteroatoms. The van der Waals surface area contributed by atoms with E-state index in [-0.39, 0.29) is 6.04 Å². The zero-order valence-electron chi connectivity index (χ0n) is 7.01. The highest BCUT2D eigenvalue weighted by Crippen LogP contribution is 2.15. The highest BCUT2D eigenvalue weighted by Gasteiger charge is 2.08. The molecule has 0 amide bonds. The average molecular weight is 171 g/mol. The highest BCUT2D eigenvalue weighted by molar-refractivity contribution is 5.56. The zero-order valence-corrected chi connectivity index (χ0v) is 7.01. The van der Waals surface area contributed by atoms with Crippen LogP contribution in [0.2, 0.25) is 0 Å². The summed E-state index contributed by atoms with van der Waals surface area (Å²) in [6.45, 7) is 0. The number of nitrogens with two attached hydrogens (primary N) is 1. The van der Waals surface area contributed by atoms with Crippen LogP contribution in [0.3, 0.4) is 0 Å². The Hall–Kier alpha value is -1.79. The third kappa shape index (κ3) is 1.17. The monoisotopic (exact) mass is 171 g/mol. The maximum Gasteiger partial charge on any atom is 0.0955 e. The molecule has 0 fully saturated rings. The Morgan fingerprint density at radius 3 is 3.15 bits per heavy atom.